The average molecular weight is 551 g/mol. The molecule has 0 atom stereocenters. The normalized spacial score (nSPS) is 10.9. The molecule has 0 saturated carbocycles. The fraction of sp³-hybridized carbons (Fsp3) is 0.0909. The van der Waals surface area contributed by atoms with Crippen molar-refractivity contribution in [3.8, 4) is 5.75 Å². The minimum Gasteiger partial charge on any atom is -0.495 e. The summed E-state index contributed by atoms with van der Waals surface area (Å²) in [6, 6.07) is 16.4. The molecule has 3 aromatic carbocycles. The highest BCUT2D eigenvalue weighted by Gasteiger charge is 2.17. The van der Waals surface area contributed by atoms with Crippen LogP contribution in [0.15, 0.2) is 68.0 Å². The van der Waals surface area contributed by atoms with Crippen molar-refractivity contribution in [2.45, 2.75) is 6.42 Å². The predicted octanol–water partition coefficient (Wildman–Crippen LogP) is 6.86. The van der Waals surface area contributed by atoms with Crippen molar-refractivity contribution >= 4 is 66.2 Å². The fourth-order valence-electron chi connectivity index (χ4n) is 3.04. The van der Waals surface area contributed by atoms with Gasteiger partial charge in [0, 0.05) is 21.6 Å². The molecule has 4 rings (SSSR count). The van der Waals surface area contributed by atoms with Crippen molar-refractivity contribution in [2.24, 2.45) is 0 Å². The van der Waals surface area contributed by atoms with E-state index in [1.54, 1.807) is 24.3 Å². The maximum Gasteiger partial charge on any atom is 0.259 e. The number of fused-ring (bicyclic) bond motifs is 1. The lowest BCUT2D eigenvalue weighted by molar-refractivity contribution is 0.102. The van der Waals surface area contributed by atoms with Gasteiger partial charge in [-0.15, -0.1) is 0 Å². The molecular weight excluding hydrogens is 536 g/mol. The third-order valence-corrected chi connectivity index (χ3v) is 5.71. The molecule has 1 aromatic heterocycles. The summed E-state index contributed by atoms with van der Waals surface area (Å²) in [7, 11) is 1.52. The van der Waals surface area contributed by atoms with Crippen LogP contribution in [-0.4, -0.2) is 18.0 Å². The predicted molar refractivity (Wildman–Crippen MR) is 125 cm³/mol. The number of hydrogen-bond acceptors (Lipinski definition) is 4. The largest absolute Gasteiger partial charge is 0.495 e. The number of nitrogens with zero attached hydrogens (tertiary/aromatic N) is 1. The number of benzene rings is 3. The van der Waals surface area contributed by atoms with Gasteiger partial charge >= 0.3 is 0 Å². The van der Waals surface area contributed by atoms with Crippen molar-refractivity contribution in [1.82, 2.24) is 4.98 Å². The summed E-state index contributed by atoms with van der Waals surface area (Å²) in [5.74, 6) is 0.759. The molecule has 0 fully saturated rings. The molecule has 30 heavy (non-hydrogen) atoms. The molecule has 5 nitrogen and oxygen atoms in total. The first-order chi connectivity index (χ1) is 14.4. The number of amides is 1. The summed E-state index contributed by atoms with van der Waals surface area (Å²) >= 11 is 12.7. The van der Waals surface area contributed by atoms with E-state index in [-0.39, 0.29) is 5.91 Å². The Bertz CT molecular complexity index is 1240. The number of anilines is 1. The monoisotopic (exact) mass is 548 g/mol. The molecule has 0 saturated heterocycles. The molecule has 1 heterocycles. The van der Waals surface area contributed by atoms with Crippen LogP contribution >= 0.6 is 43.5 Å². The number of oxazole rings is 1. The number of carbonyl (C=O) groups excluding carboxylic acids is 1. The van der Waals surface area contributed by atoms with Crippen LogP contribution in [0, 0.1) is 0 Å². The van der Waals surface area contributed by atoms with Crippen molar-refractivity contribution in [2.75, 3.05) is 12.4 Å². The zero-order valence-electron chi connectivity index (χ0n) is 15.7. The molecule has 0 aliphatic carbocycles. The summed E-state index contributed by atoms with van der Waals surface area (Å²) in [5, 5.41) is 3.57. The lowest BCUT2D eigenvalue weighted by Gasteiger charge is -2.11. The van der Waals surface area contributed by atoms with Crippen LogP contribution in [0.4, 0.5) is 5.69 Å². The third-order valence-electron chi connectivity index (χ3n) is 4.42. The van der Waals surface area contributed by atoms with Gasteiger partial charge in [-0.2, -0.15) is 0 Å². The molecule has 8 heteroatoms. The third kappa shape index (κ3) is 4.53. The molecule has 0 radical (unpaired) electrons. The summed E-state index contributed by atoms with van der Waals surface area (Å²) < 4.78 is 12.6. The Kier molecular flexibility index (Phi) is 6.13. The van der Waals surface area contributed by atoms with Gasteiger partial charge < -0.3 is 14.5 Å². The highest BCUT2D eigenvalue weighted by atomic mass is 79.9. The van der Waals surface area contributed by atoms with Gasteiger partial charge in [0.2, 0.25) is 0 Å². The van der Waals surface area contributed by atoms with Gasteiger partial charge in [-0.1, -0.05) is 39.7 Å². The Morgan fingerprint density at radius 1 is 1.13 bits per heavy atom. The van der Waals surface area contributed by atoms with E-state index in [1.165, 1.54) is 7.11 Å². The van der Waals surface area contributed by atoms with Crippen molar-refractivity contribution in [3.63, 3.8) is 0 Å². The Morgan fingerprint density at radius 3 is 2.63 bits per heavy atom. The second-order valence-corrected chi connectivity index (χ2v) is 8.72. The molecule has 4 aromatic rings. The second-order valence-electron chi connectivity index (χ2n) is 6.52. The number of rotatable bonds is 5. The van der Waals surface area contributed by atoms with E-state index in [0.717, 1.165) is 10.0 Å². The molecule has 1 N–H and O–H groups in total. The Hall–Kier alpha value is -2.35. The van der Waals surface area contributed by atoms with Crippen molar-refractivity contribution < 1.29 is 13.9 Å². The quantitative estimate of drug-likeness (QED) is 0.295. The number of methoxy groups -OCH3 is 1. The minimum absolute atomic E-state index is 0.293. The van der Waals surface area contributed by atoms with Crippen LogP contribution in [0.1, 0.15) is 21.8 Å². The maximum absolute atomic E-state index is 12.8. The summed E-state index contributed by atoms with van der Waals surface area (Å²) in [5.41, 5.74) is 3.38. The number of carbonyl (C=O) groups is 1. The topological polar surface area (TPSA) is 64.4 Å². The van der Waals surface area contributed by atoms with Crippen LogP contribution in [0.3, 0.4) is 0 Å². The number of aromatic nitrogens is 1. The van der Waals surface area contributed by atoms with Gasteiger partial charge in [-0.25, -0.2) is 4.98 Å². The van der Waals surface area contributed by atoms with Gasteiger partial charge in [0.05, 0.1) is 17.1 Å². The summed E-state index contributed by atoms with van der Waals surface area (Å²) in [6.45, 7) is 0. The van der Waals surface area contributed by atoms with E-state index < -0.39 is 0 Å². The maximum atomic E-state index is 12.8. The molecule has 0 bridgehead atoms. The van der Waals surface area contributed by atoms with Crippen LogP contribution in [0.2, 0.25) is 5.02 Å². The van der Waals surface area contributed by atoms with Gasteiger partial charge in [0.15, 0.2) is 11.5 Å². The van der Waals surface area contributed by atoms with Gasteiger partial charge in [-0.3, -0.25) is 4.79 Å². The zero-order chi connectivity index (χ0) is 21.3. The molecule has 1 amide bonds. The molecule has 0 aliphatic heterocycles. The van der Waals surface area contributed by atoms with E-state index in [2.05, 4.69) is 42.2 Å². The number of halogens is 3. The lowest BCUT2D eigenvalue weighted by atomic mass is 10.1. The minimum atomic E-state index is -0.293. The van der Waals surface area contributed by atoms with Crippen molar-refractivity contribution in [3.05, 3.63) is 85.6 Å². The number of nitrogens with one attached hydrogen (secondary N) is 1. The first-order valence-electron chi connectivity index (χ1n) is 8.91. The SMILES string of the molecule is COc1c(Br)cc(Br)cc1C(=O)Nc1ccc2oc(Cc3ccc(Cl)cc3)nc2c1. The standard InChI is InChI=1S/C22H15Br2ClN2O3/c1-29-21-16(9-13(23)10-17(21)24)22(28)26-15-6-7-19-18(11-15)27-20(30-19)8-12-2-4-14(25)5-3-12/h2-7,9-11H,8H2,1H3,(H,26,28). The molecule has 0 unspecified atom stereocenters. The van der Waals surface area contributed by atoms with Crippen LogP contribution < -0.4 is 10.1 Å². The smallest absolute Gasteiger partial charge is 0.259 e. The van der Waals surface area contributed by atoms with Crippen molar-refractivity contribution in [1.29, 1.82) is 0 Å². The molecule has 152 valence electrons. The highest BCUT2D eigenvalue weighted by Crippen LogP contribution is 2.33. The lowest BCUT2D eigenvalue weighted by Crippen LogP contribution is -2.13. The average Bonchev–Trinajstić information content (AvgIpc) is 3.10. The van der Waals surface area contributed by atoms with Gasteiger partial charge in [-0.05, 0) is 64.0 Å². The van der Waals surface area contributed by atoms with Gasteiger partial charge in [0.1, 0.15) is 11.3 Å². The molecule has 0 spiro atoms. The van der Waals surface area contributed by atoms with Crippen LogP contribution in [0.5, 0.6) is 5.75 Å². The van der Waals surface area contributed by atoms with E-state index in [0.29, 0.717) is 49.9 Å². The van der Waals surface area contributed by atoms with Crippen LogP contribution in [0.25, 0.3) is 11.1 Å². The van der Waals surface area contributed by atoms with Crippen LogP contribution in [-0.2, 0) is 6.42 Å². The van der Waals surface area contributed by atoms with E-state index >= 15 is 0 Å². The second kappa shape index (κ2) is 8.79. The summed E-state index contributed by atoms with van der Waals surface area (Å²) in [6.07, 6.45) is 0.552. The zero-order valence-corrected chi connectivity index (χ0v) is 19.6. The number of hydrogen-bond donors (Lipinski definition) is 1. The Balaban J connectivity index is 1.57. The van der Waals surface area contributed by atoms with E-state index in [1.807, 2.05) is 30.3 Å². The molecular formula is C22H15Br2ClN2O3. The first-order valence-corrected chi connectivity index (χ1v) is 10.9. The highest BCUT2D eigenvalue weighted by molar-refractivity contribution is 9.11. The fourth-order valence-corrected chi connectivity index (χ4v) is 4.55. The van der Waals surface area contributed by atoms with E-state index in [4.69, 9.17) is 20.8 Å². The first kappa shape index (κ1) is 20.9. The Labute approximate surface area is 194 Å². The van der Waals surface area contributed by atoms with Gasteiger partial charge in [0.25, 0.3) is 5.91 Å². The number of ether oxygens (including phenoxy) is 1. The van der Waals surface area contributed by atoms with E-state index in [9.17, 15) is 4.79 Å². The summed E-state index contributed by atoms with van der Waals surface area (Å²) in [4.78, 5) is 17.4. The molecule has 0 aliphatic rings. The Morgan fingerprint density at radius 2 is 1.90 bits per heavy atom.